The molecular weight excluding hydrogens is 296 g/mol. The van der Waals surface area contributed by atoms with Crippen molar-refractivity contribution in [1.82, 2.24) is 4.90 Å². The minimum absolute atomic E-state index is 0.179. The van der Waals surface area contributed by atoms with E-state index in [-0.39, 0.29) is 18.8 Å². The van der Waals surface area contributed by atoms with Gasteiger partial charge in [-0.25, -0.2) is 9.59 Å². The molecule has 1 aromatic rings. The summed E-state index contributed by atoms with van der Waals surface area (Å²) in [7, 11) is 0. The van der Waals surface area contributed by atoms with Crippen molar-refractivity contribution >= 4 is 12.2 Å². The average Bonchev–Trinajstić information content (AvgIpc) is 3.01. The molecule has 23 heavy (non-hydrogen) atoms. The van der Waals surface area contributed by atoms with Crippen LogP contribution in [0.5, 0.6) is 0 Å². The molecule has 1 heterocycles. The summed E-state index contributed by atoms with van der Waals surface area (Å²) in [5.41, 5.74) is 0.0761. The Morgan fingerprint density at radius 3 is 2.78 bits per heavy atom. The predicted molar refractivity (Wildman–Crippen MR) is 82.3 cm³/mol. The molecule has 2 aliphatic rings. The molecule has 1 aliphatic heterocycles. The molecule has 120 valence electrons. The maximum atomic E-state index is 12.6. The zero-order valence-corrected chi connectivity index (χ0v) is 13.0. The molecule has 0 unspecified atom stereocenters. The third-order valence-electron chi connectivity index (χ3n) is 4.09. The molecule has 6 nitrogen and oxygen atoms in total. The van der Waals surface area contributed by atoms with Crippen LogP contribution < -0.4 is 0 Å². The van der Waals surface area contributed by atoms with Crippen molar-refractivity contribution in [2.75, 3.05) is 0 Å². The van der Waals surface area contributed by atoms with Crippen molar-refractivity contribution in [3.8, 4) is 0 Å². The number of fused-ring (bicyclic) bond motifs is 1. The zero-order chi connectivity index (χ0) is 16.4. The Morgan fingerprint density at radius 2 is 2.09 bits per heavy atom. The number of hydrogen-bond acceptors (Lipinski definition) is 5. The minimum Gasteiger partial charge on any atom is -0.444 e. The van der Waals surface area contributed by atoms with Gasteiger partial charge in [-0.3, -0.25) is 4.90 Å². The molecule has 6 heteroatoms. The molecule has 0 spiro atoms. The van der Waals surface area contributed by atoms with Gasteiger partial charge in [-0.15, -0.1) is 0 Å². The Morgan fingerprint density at radius 1 is 1.35 bits per heavy atom. The van der Waals surface area contributed by atoms with Crippen molar-refractivity contribution in [3.63, 3.8) is 0 Å². The van der Waals surface area contributed by atoms with Crippen LogP contribution in [0.25, 0.3) is 0 Å². The fourth-order valence-corrected chi connectivity index (χ4v) is 3.11. The normalized spacial score (nSPS) is 27.4. The van der Waals surface area contributed by atoms with Crippen LogP contribution in [0.4, 0.5) is 4.79 Å². The van der Waals surface area contributed by atoms with E-state index in [0.717, 1.165) is 5.56 Å². The number of nitrogens with zero attached hydrogens (tertiary/aromatic N) is 2. The summed E-state index contributed by atoms with van der Waals surface area (Å²) < 4.78 is 11.3. The van der Waals surface area contributed by atoms with Crippen LogP contribution in [0, 0.1) is 0 Å². The average molecular weight is 314 g/mol. The number of carbonyl (C=O) groups excluding carboxylic acids is 2. The molecule has 0 radical (unpaired) electrons. The van der Waals surface area contributed by atoms with Gasteiger partial charge in [0, 0.05) is 0 Å². The maximum Gasteiger partial charge on any atom is 0.412 e. The van der Waals surface area contributed by atoms with Crippen LogP contribution in [0.3, 0.4) is 0 Å². The third-order valence-corrected chi connectivity index (χ3v) is 4.09. The summed E-state index contributed by atoms with van der Waals surface area (Å²) in [6.07, 6.45) is 4.36. The van der Waals surface area contributed by atoms with Crippen molar-refractivity contribution in [2.24, 2.45) is 4.99 Å². The molecular formula is C17H18N2O4. The first-order valence-corrected chi connectivity index (χ1v) is 7.46. The summed E-state index contributed by atoms with van der Waals surface area (Å²) in [5, 5.41) is 0. The standard InChI is InChI=1S/C17H18N2O4/c1-17(2)19(15-13(18-11-20)8-9-14(15)23-17)16(21)22-10-12-6-4-3-5-7-12/h3-9,13-15H,10H2,1-2H3/t13-,14-,15+/m1/s1. The quantitative estimate of drug-likeness (QED) is 0.488. The molecule has 3 atom stereocenters. The lowest BCUT2D eigenvalue weighted by Gasteiger charge is -2.33. The summed E-state index contributed by atoms with van der Waals surface area (Å²) >= 11 is 0. The summed E-state index contributed by atoms with van der Waals surface area (Å²) in [4.78, 5) is 28.5. The number of amides is 1. The molecule has 1 aromatic carbocycles. The molecule has 1 aliphatic carbocycles. The van der Waals surface area contributed by atoms with Gasteiger partial charge in [-0.05, 0) is 19.4 Å². The molecule has 1 saturated heterocycles. The minimum atomic E-state index is -0.829. The van der Waals surface area contributed by atoms with Gasteiger partial charge in [-0.1, -0.05) is 42.5 Å². The Hall–Kier alpha value is -2.43. The first-order chi connectivity index (χ1) is 11.0. The number of benzene rings is 1. The Kier molecular flexibility index (Phi) is 4.03. The smallest absolute Gasteiger partial charge is 0.412 e. The molecule has 1 amide bonds. The Bertz CT molecular complexity index is 664. The van der Waals surface area contributed by atoms with Gasteiger partial charge in [0.1, 0.15) is 24.5 Å². The summed E-state index contributed by atoms with van der Waals surface area (Å²) in [6.45, 7) is 3.77. The highest BCUT2D eigenvalue weighted by atomic mass is 16.6. The number of aliphatic imine (C=N–C) groups is 1. The van der Waals surface area contributed by atoms with Crippen molar-refractivity contribution in [1.29, 1.82) is 0 Å². The first kappa shape index (κ1) is 15.5. The predicted octanol–water partition coefficient (Wildman–Crippen LogP) is 2.40. The molecule has 0 N–H and O–H groups in total. The third kappa shape index (κ3) is 2.91. The Balaban J connectivity index is 1.76. The van der Waals surface area contributed by atoms with E-state index in [1.54, 1.807) is 26.0 Å². The number of carbonyl (C=O) groups is 1. The van der Waals surface area contributed by atoms with Gasteiger partial charge in [0.25, 0.3) is 0 Å². The molecule has 0 bridgehead atoms. The van der Waals surface area contributed by atoms with Crippen LogP contribution in [0.2, 0.25) is 0 Å². The van der Waals surface area contributed by atoms with Gasteiger partial charge in [-0.2, -0.15) is 4.99 Å². The molecule has 0 saturated carbocycles. The van der Waals surface area contributed by atoms with Crippen molar-refractivity contribution in [3.05, 3.63) is 48.0 Å². The number of hydrogen-bond donors (Lipinski definition) is 0. The molecule has 1 fully saturated rings. The first-order valence-electron chi connectivity index (χ1n) is 7.46. The maximum absolute atomic E-state index is 12.6. The molecule has 3 rings (SSSR count). The monoisotopic (exact) mass is 314 g/mol. The fourth-order valence-electron chi connectivity index (χ4n) is 3.11. The second kappa shape index (κ2) is 5.99. The highest BCUT2D eigenvalue weighted by molar-refractivity contribution is 5.70. The van der Waals surface area contributed by atoms with E-state index in [4.69, 9.17) is 9.47 Å². The lowest BCUT2D eigenvalue weighted by molar-refractivity contribution is -0.0624. The van der Waals surface area contributed by atoms with E-state index in [0.29, 0.717) is 0 Å². The Labute approximate surface area is 134 Å². The van der Waals surface area contributed by atoms with E-state index in [1.807, 2.05) is 36.4 Å². The second-order valence-corrected chi connectivity index (χ2v) is 6.03. The SMILES string of the molecule is CC1(C)O[C@@H]2C=C[C@@H](N=C=O)[C@@H]2N1C(=O)OCc1ccccc1. The summed E-state index contributed by atoms with van der Waals surface area (Å²) in [6, 6.07) is 8.62. The van der Waals surface area contributed by atoms with Gasteiger partial charge >= 0.3 is 6.09 Å². The lowest BCUT2D eigenvalue weighted by Crippen LogP contribution is -2.51. The van der Waals surface area contributed by atoms with E-state index >= 15 is 0 Å². The van der Waals surface area contributed by atoms with Gasteiger partial charge < -0.3 is 9.47 Å². The highest BCUT2D eigenvalue weighted by Crippen LogP contribution is 2.39. The lowest BCUT2D eigenvalue weighted by atomic mass is 10.1. The van der Waals surface area contributed by atoms with Crippen LogP contribution in [-0.2, 0) is 20.9 Å². The number of isocyanates is 1. The number of ether oxygens (including phenoxy) is 2. The number of rotatable bonds is 3. The van der Waals surface area contributed by atoms with Crippen LogP contribution >= 0.6 is 0 Å². The largest absolute Gasteiger partial charge is 0.444 e. The van der Waals surface area contributed by atoms with E-state index in [1.165, 1.54) is 4.90 Å². The second-order valence-electron chi connectivity index (χ2n) is 6.03. The van der Waals surface area contributed by atoms with E-state index in [9.17, 15) is 9.59 Å². The molecule has 0 aromatic heterocycles. The van der Waals surface area contributed by atoms with Crippen LogP contribution in [0.1, 0.15) is 19.4 Å². The van der Waals surface area contributed by atoms with E-state index < -0.39 is 17.9 Å². The van der Waals surface area contributed by atoms with Crippen LogP contribution in [-0.4, -0.2) is 41.0 Å². The van der Waals surface area contributed by atoms with Gasteiger partial charge in [0.15, 0.2) is 0 Å². The highest BCUT2D eigenvalue weighted by Gasteiger charge is 2.54. The topological polar surface area (TPSA) is 68.2 Å². The van der Waals surface area contributed by atoms with Gasteiger partial charge in [0.2, 0.25) is 6.08 Å². The van der Waals surface area contributed by atoms with Crippen LogP contribution in [0.15, 0.2) is 47.5 Å². The van der Waals surface area contributed by atoms with Gasteiger partial charge in [0.05, 0.1) is 6.04 Å². The zero-order valence-electron chi connectivity index (χ0n) is 13.0. The summed E-state index contributed by atoms with van der Waals surface area (Å²) in [5.74, 6) is 0. The van der Waals surface area contributed by atoms with E-state index in [2.05, 4.69) is 4.99 Å². The fraction of sp³-hybridized carbons (Fsp3) is 0.412. The van der Waals surface area contributed by atoms with Crippen molar-refractivity contribution < 1.29 is 19.1 Å². The van der Waals surface area contributed by atoms with Crippen molar-refractivity contribution in [2.45, 2.75) is 44.4 Å².